The van der Waals surface area contributed by atoms with Crippen LogP contribution < -0.4 is 5.46 Å². The molecule has 1 saturated heterocycles. The van der Waals surface area contributed by atoms with Crippen molar-refractivity contribution in [2.45, 2.75) is 64.4 Å². The highest BCUT2D eigenvalue weighted by Gasteiger charge is 2.51. The molecule has 0 radical (unpaired) electrons. The standard InChI is InChI=1S/C17H26BNO3S/c1-15(2,3)23(20)19-12-13-8-10-14(11-9-13)18-21-16(4,5)17(6,7)22-18/h8-12H,1-7H3/b19-12+. The molecule has 0 bridgehead atoms. The van der Waals surface area contributed by atoms with Crippen LogP contribution in [0.5, 0.6) is 0 Å². The van der Waals surface area contributed by atoms with Crippen molar-refractivity contribution in [2.75, 3.05) is 0 Å². The van der Waals surface area contributed by atoms with Crippen LogP contribution >= 0.6 is 0 Å². The number of nitrogens with zero attached hydrogens (tertiary/aromatic N) is 1. The summed E-state index contributed by atoms with van der Waals surface area (Å²) >= 11 is 0. The van der Waals surface area contributed by atoms with Gasteiger partial charge in [0.05, 0.1) is 15.9 Å². The molecule has 0 saturated carbocycles. The lowest BCUT2D eigenvalue weighted by molar-refractivity contribution is 0.00578. The van der Waals surface area contributed by atoms with E-state index < -0.39 is 11.0 Å². The minimum atomic E-state index is -1.25. The van der Waals surface area contributed by atoms with E-state index in [0.29, 0.717) is 0 Å². The van der Waals surface area contributed by atoms with E-state index in [1.54, 1.807) is 6.21 Å². The van der Waals surface area contributed by atoms with Gasteiger partial charge in [0.1, 0.15) is 11.0 Å². The average Bonchev–Trinajstić information content (AvgIpc) is 2.64. The summed E-state index contributed by atoms with van der Waals surface area (Å²) in [5, 5.41) is 0. The molecule has 1 heterocycles. The summed E-state index contributed by atoms with van der Waals surface area (Å²) in [5.41, 5.74) is 1.18. The van der Waals surface area contributed by atoms with Crippen LogP contribution in [0.4, 0.5) is 0 Å². The molecule has 23 heavy (non-hydrogen) atoms. The fourth-order valence-corrected chi connectivity index (χ4v) is 2.52. The van der Waals surface area contributed by atoms with E-state index in [1.807, 2.05) is 72.7 Å². The van der Waals surface area contributed by atoms with E-state index >= 15 is 0 Å². The van der Waals surface area contributed by atoms with Crippen molar-refractivity contribution in [2.24, 2.45) is 4.40 Å². The van der Waals surface area contributed by atoms with Gasteiger partial charge in [0, 0.05) is 6.21 Å². The van der Waals surface area contributed by atoms with Crippen molar-refractivity contribution in [1.82, 2.24) is 0 Å². The highest BCUT2D eigenvalue weighted by molar-refractivity contribution is 7.85. The van der Waals surface area contributed by atoms with Crippen molar-refractivity contribution in [3.8, 4) is 0 Å². The molecule has 1 atom stereocenters. The number of benzene rings is 1. The average molecular weight is 335 g/mol. The first-order valence-electron chi connectivity index (χ1n) is 7.84. The normalized spacial score (nSPS) is 21.8. The Morgan fingerprint density at radius 3 is 1.96 bits per heavy atom. The van der Waals surface area contributed by atoms with Crippen LogP contribution in [-0.4, -0.2) is 33.5 Å². The molecular weight excluding hydrogens is 309 g/mol. The summed E-state index contributed by atoms with van der Waals surface area (Å²) in [4.78, 5) is 0. The van der Waals surface area contributed by atoms with Crippen molar-refractivity contribution < 1.29 is 13.5 Å². The van der Waals surface area contributed by atoms with Crippen molar-refractivity contribution in [1.29, 1.82) is 0 Å². The second kappa shape index (κ2) is 6.15. The van der Waals surface area contributed by atoms with Crippen LogP contribution in [-0.2, 0) is 20.3 Å². The molecule has 1 aliphatic heterocycles. The van der Waals surface area contributed by atoms with Gasteiger partial charge >= 0.3 is 7.12 Å². The predicted molar refractivity (Wildman–Crippen MR) is 97.6 cm³/mol. The molecule has 0 aromatic heterocycles. The molecule has 6 heteroatoms. The largest absolute Gasteiger partial charge is 0.494 e. The third-order valence-corrected chi connectivity index (χ3v) is 5.63. The number of rotatable bonds is 3. The van der Waals surface area contributed by atoms with Crippen LogP contribution in [0.2, 0.25) is 0 Å². The first kappa shape index (κ1) is 18.4. The van der Waals surface area contributed by atoms with Gasteiger partial charge in [-0.3, -0.25) is 0 Å². The summed E-state index contributed by atoms with van der Waals surface area (Å²) < 4.78 is 27.8. The molecule has 1 aliphatic rings. The van der Waals surface area contributed by atoms with Gasteiger partial charge < -0.3 is 9.31 Å². The number of hydrogen-bond donors (Lipinski definition) is 0. The molecule has 4 nitrogen and oxygen atoms in total. The van der Waals surface area contributed by atoms with Gasteiger partial charge in [-0.15, -0.1) is 0 Å². The lowest BCUT2D eigenvalue weighted by atomic mass is 9.79. The van der Waals surface area contributed by atoms with Crippen LogP contribution in [0.3, 0.4) is 0 Å². The number of hydrogen-bond acceptors (Lipinski definition) is 3. The monoisotopic (exact) mass is 335 g/mol. The van der Waals surface area contributed by atoms with E-state index in [9.17, 15) is 4.21 Å². The maximum Gasteiger partial charge on any atom is 0.494 e. The summed E-state index contributed by atoms with van der Waals surface area (Å²) in [6, 6.07) is 7.79. The zero-order valence-corrected chi connectivity index (χ0v) is 15.9. The minimum absolute atomic E-state index is 0.346. The smallest absolute Gasteiger partial charge is 0.399 e. The van der Waals surface area contributed by atoms with Gasteiger partial charge in [-0.1, -0.05) is 24.3 Å². The van der Waals surface area contributed by atoms with Gasteiger partial charge in [0.15, 0.2) is 0 Å². The Bertz CT molecular complexity index is 602. The van der Waals surface area contributed by atoms with E-state index in [2.05, 4.69) is 4.40 Å². The predicted octanol–water partition coefficient (Wildman–Crippen LogP) is 2.87. The molecule has 0 amide bonds. The minimum Gasteiger partial charge on any atom is -0.399 e. The van der Waals surface area contributed by atoms with Gasteiger partial charge in [0.2, 0.25) is 0 Å². The Kier molecular flexibility index (Phi) is 4.91. The zero-order valence-electron chi connectivity index (χ0n) is 15.0. The van der Waals surface area contributed by atoms with Gasteiger partial charge in [0.25, 0.3) is 0 Å². The van der Waals surface area contributed by atoms with Crippen molar-refractivity contribution in [3.63, 3.8) is 0 Å². The Hall–Kier alpha value is -0.975. The van der Waals surface area contributed by atoms with E-state index in [0.717, 1.165) is 11.0 Å². The molecule has 1 aromatic carbocycles. The second-order valence-electron chi connectivity index (χ2n) is 7.85. The summed E-state index contributed by atoms with van der Waals surface area (Å²) in [6.45, 7) is 13.9. The molecule has 0 aliphatic carbocycles. The fraction of sp³-hybridized carbons (Fsp3) is 0.588. The van der Waals surface area contributed by atoms with Gasteiger partial charge in [-0.25, -0.2) is 4.21 Å². The van der Waals surface area contributed by atoms with Gasteiger partial charge in [-0.05, 0) is 59.5 Å². The van der Waals surface area contributed by atoms with E-state index in [-0.39, 0.29) is 23.1 Å². The lowest BCUT2D eigenvalue weighted by Crippen LogP contribution is -2.41. The third kappa shape index (κ3) is 4.11. The quantitative estimate of drug-likeness (QED) is 0.630. The Balaban J connectivity index is 2.10. The third-order valence-electron chi connectivity index (χ3n) is 4.28. The molecule has 0 spiro atoms. The first-order chi connectivity index (χ1) is 10.4. The molecule has 0 N–H and O–H groups in total. The maximum absolute atomic E-state index is 11.9. The van der Waals surface area contributed by atoms with Crippen LogP contribution in [0.15, 0.2) is 28.7 Å². The second-order valence-corrected chi connectivity index (χ2v) is 9.78. The summed E-state index contributed by atoms with van der Waals surface area (Å²) in [5.74, 6) is 0. The van der Waals surface area contributed by atoms with Crippen molar-refractivity contribution >= 4 is 29.8 Å². The van der Waals surface area contributed by atoms with E-state index in [4.69, 9.17) is 9.31 Å². The van der Waals surface area contributed by atoms with Crippen LogP contribution in [0, 0.1) is 0 Å². The SMILES string of the molecule is CC(C)(C)S(=O)/N=C/c1ccc(B2OC(C)(C)C(C)(C)O2)cc1. The Morgan fingerprint density at radius 1 is 1.04 bits per heavy atom. The molecule has 1 aromatic rings. The fourth-order valence-electron chi connectivity index (χ4n) is 1.99. The zero-order chi connectivity index (χ0) is 17.5. The molecular formula is C17H26BNO3S. The van der Waals surface area contributed by atoms with Gasteiger partial charge in [-0.2, -0.15) is 4.40 Å². The highest BCUT2D eigenvalue weighted by Crippen LogP contribution is 2.36. The van der Waals surface area contributed by atoms with Crippen LogP contribution in [0.1, 0.15) is 54.0 Å². The molecule has 1 unspecified atom stereocenters. The molecule has 126 valence electrons. The topological polar surface area (TPSA) is 47.9 Å². The first-order valence-corrected chi connectivity index (χ1v) is 8.95. The van der Waals surface area contributed by atoms with Crippen molar-refractivity contribution in [3.05, 3.63) is 29.8 Å². The van der Waals surface area contributed by atoms with Crippen LogP contribution in [0.25, 0.3) is 0 Å². The Labute approximate surface area is 142 Å². The maximum atomic E-state index is 11.9. The lowest BCUT2D eigenvalue weighted by Gasteiger charge is -2.32. The molecule has 2 rings (SSSR count). The van der Waals surface area contributed by atoms with E-state index in [1.165, 1.54) is 0 Å². The Morgan fingerprint density at radius 2 is 1.52 bits per heavy atom. The summed E-state index contributed by atoms with van der Waals surface area (Å²) in [7, 11) is -1.61. The highest BCUT2D eigenvalue weighted by atomic mass is 32.2. The molecule has 1 fully saturated rings. The summed E-state index contributed by atoms with van der Waals surface area (Å²) in [6.07, 6.45) is 1.65.